The Morgan fingerprint density at radius 2 is 2.15 bits per heavy atom. The molecule has 9 heteroatoms. The molecular formula is C18H18N6O3. The van der Waals surface area contributed by atoms with Crippen molar-refractivity contribution >= 4 is 28.9 Å². The molecule has 4 rings (SSSR count). The Hall–Kier alpha value is -3.49. The maximum Gasteiger partial charge on any atom is 0.368 e. The Bertz CT molecular complexity index is 1010. The average molecular weight is 366 g/mol. The van der Waals surface area contributed by atoms with E-state index in [1.54, 1.807) is 12.1 Å². The first-order valence-electron chi connectivity index (χ1n) is 8.73. The number of fused-ring (bicyclic) bond motifs is 1. The third-order valence-electron chi connectivity index (χ3n) is 4.68. The van der Waals surface area contributed by atoms with Crippen LogP contribution in [0.1, 0.15) is 24.8 Å². The summed E-state index contributed by atoms with van der Waals surface area (Å²) < 4.78 is 1.19. The van der Waals surface area contributed by atoms with Crippen LogP contribution in [0.3, 0.4) is 0 Å². The lowest BCUT2D eigenvalue weighted by Crippen LogP contribution is -2.28. The quantitative estimate of drug-likeness (QED) is 0.512. The molecule has 2 heterocycles. The fourth-order valence-corrected chi connectivity index (χ4v) is 2.95. The molecule has 0 spiro atoms. The third kappa shape index (κ3) is 3.57. The van der Waals surface area contributed by atoms with Crippen molar-refractivity contribution in [2.45, 2.75) is 25.8 Å². The number of nitrogens with one attached hydrogen (secondary N) is 2. The van der Waals surface area contributed by atoms with Gasteiger partial charge in [-0.1, -0.05) is 28.2 Å². The molecule has 0 saturated heterocycles. The Morgan fingerprint density at radius 3 is 2.89 bits per heavy atom. The number of hydrogen-bond donors (Lipinski definition) is 2. The number of nitrogens with zero attached hydrogens (tertiary/aromatic N) is 4. The van der Waals surface area contributed by atoms with Crippen molar-refractivity contribution in [3.8, 4) is 0 Å². The first-order chi connectivity index (χ1) is 13.1. The molecule has 2 aromatic heterocycles. The molecule has 2 N–H and O–H groups in total. The van der Waals surface area contributed by atoms with E-state index in [0.29, 0.717) is 18.0 Å². The van der Waals surface area contributed by atoms with Crippen LogP contribution in [0, 0.1) is 16.0 Å². The van der Waals surface area contributed by atoms with E-state index in [-0.39, 0.29) is 17.6 Å². The summed E-state index contributed by atoms with van der Waals surface area (Å²) in [7, 11) is 0. The number of hydrogen-bond acceptors (Lipinski definition) is 6. The molecule has 0 radical (unpaired) electrons. The number of anilines is 2. The van der Waals surface area contributed by atoms with Crippen molar-refractivity contribution < 1.29 is 9.72 Å². The summed E-state index contributed by atoms with van der Waals surface area (Å²) >= 11 is 0. The number of carbonyl (C=O) groups is 1. The van der Waals surface area contributed by atoms with Gasteiger partial charge in [0.05, 0.1) is 0 Å². The topological polar surface area (TPSA) is 114 Å². The zero-order valence-corrected chi connectivity index (χ0v) is 14.5. The average Bonchev–Trinajstić information content (AvgIpc) is 3.02. The number of rotatable bonds is 6. The SMILES string of the molecule is O=C(Nc1cccc(CNc2ccc3ncc([N+](=O)[O-])n3n2)c1)C1CCC1. The number of amides is 1. The molecule has 9 nitrogen and oxygen atoms in total. The lowest BCUT2D eigenvalue weighted by molar-refractivity contribution is -0.391. The minimum absolute atomic E-state index is 0.0749. The predicted octanol–water partition coefficient (Wildman–Crippen LogP) is 2.99. The third-order valence-corrected chi connectivity index (χ3v) is 4.68. The second kappa shape index (κ2) is 7.02. The molecular weight excluding hydrogens is 348 g/mol. The van der Waals surface area contributed by atoms with Crippen LogP contribution in [-0.4, -0.2) is 25.4 Å². The lowest BCUT2D eigenvalue weighted by Gasteiger charge is -2.24. The standard InChI is InChI=1S/C18H18N6O3/c25-18(13-4-2-5-13)21-14-6-1-3-12(9-14)10-19-15-7-8-16-20-11-17(24(26)27)23(16)22-15/h1,3,6-9,11,13H,2,4-5,10H2,(H,19,22)(H,21,25). The molecule has 1 amide bonds. The first-order valence-corrected chi connectivity index (χ1v) is 8.73. The molecule has 0 aliphatic heterocycles. The number of carbonyl (C=O) groups excluding carboxylic acids is 1. The predicted molar refractivity (Wildman–Crippen MR) is 99.4 cm³/mol. The van der Waals surface area contributed by atoms with Crippen molar-refractivity contribution in [2.24, 2.45) is 5.92 Å². The molecule has 1 saturated carbocycles. The molecule has 27 heavy (non-hydrogen) atoms. The van der Waals surface area contributed by atoms with Gasteiger partial charge in [0.1, 0.15) is 6.20 Å². The van der Waals surface area contributed by atoms with E-state index in [2.05, 4.69) is 20.7 Å². The van der Waals surface area contributed by atoms with Gasteiger partial charge in [-0.15, -0.1) is 0 Å². The van der Waals surface area contributed by atoms with Crippen LogP contribution in [0.2, 0.25) is 0 Å². The van der Waals surface area contributed by atoms with Gasteiger partial charge in [0.2, 0.25) is 11.6 Å². The zero-order valence-electron chi connectivity index (χ0n) is 14.5. The van der Waals surface area contributed by atoms with Crippen LogP contribution in [0.5, 0.6) is 0 Å². The van der Waals surface area contributed by atoms with E-state index in [4.69, 9.17) is 0 Å². The van der Waals surface area contributed by atoms with Crippen LogP contribution in [0.4, 0.5) is 17.3 Å². The van der Waals surface area contributed by atoms with Gasteiger partial charge >= 0.3 is 5.82 Å². The van der Waals surface area contributed by atoms with Gasteiger partial charge in [-0.3, -0.25) is 4.79 Å². The van der Waals surface area contributed by atoms with Gasteiger partial charge in [-0.25, -0.2) is 4.98 Å². The lowest BCUT2D eigenvalue weighted by atomic mass is 9.85. The Balaban J connectivity index is 1.44. The monoisotopic (exact) mass is 366 g/mol. The highest BCUT2D eigenvalue weighted by atomic mass is 16.6. The summed E-state index contributed by atoms with van der Waals surface area (Å²) in [5.41, 5.74) is 2.14. The van der Waals surface area contributed by atoms with Crippen LogP contribution in [-0.2, 0) is 11.3 Å². The molecule has 3 aromatic rings. The number of imidazole rings is 1. The van der Waals surface area contributed by atoms with Crippen LogP contribution >= 0.6 is 0 Å². The van der Waals surface area contributed by atoms with Crippen LogP contribution in [0.15, 0.2) is 42.6 Å². The smallest absolute Gasteiger partial charge is 0.363 e. The number of aromatic nitrogens is 3. The zero-order chi connectivity index (χ0) is 18.8. The van der Waals surface area contributed by atoms with Gasteiger partial charge in [0, 0.05) is 24.2 Å². The largest absolute Gasteiger partial charge is 0.368 e. The number of benzene rings is 1. The van der Waals surface area contributed by atoms with Crippen LogP contribution < -0.4 is 10.6 Å². The Morgan fingerprint density at radius 1 is 1.30 bits per heavy atom. The summed E-state index contributed by atoms with van der Waals surface area (Å²) in [6.07, 6.45) is 4.22. The molecule has 1 aromatic carbocycles. The van der Waals surface area contributed by atoms with Crippen molar-refractivity contribution in [1.82, 2.24) is 14.6 Å². The van der Waals surface area contributed by atoms with Crippen molar-refractivity contribution in [3.05, 3.63) is 58.3 Å². The van der Waals surface area contributed by atoms with Gasteiger partial charge in [0.25, 0.3) is 0 Å². The molecule has 138 valence electrons. The highest BCUT2D eigenvalue weighted by Crippen LogP contribution is 2.27. The van der Waals surface area contributed by atoms with Crippen molar-refractivity contribution in [1.29, 1.82) is 0 Å². The minimum Gasteiger partial charge on any atom is -0.363 e. The van der Waals surface area contributed by atoms with E-state index in [9.17, 15) is 14.9 Å². The Kier molecular flexibility index (Phi) is 4.41. The van der Waals surface area contributed by atoms with Crippen molar-refractivity contribution in [2.75, 3.05) is 10.6 Å². The summed E-state index contributed by atoms with van der Waals surface area (Å²) in [5, 5.41) is 21.3. The van der Waals surface area contributed by atoms with E-state index >= 15 is 0 Å². The van der Waals surface area contributed by atoms with E-state index in [1.165, 1.54) is 10.7 Å². The van der Waals surface area contributed by atoms with Crippen LogP contribution in [0.25, 0.3) is 5.65 Å². The molecule has 0 atom stereocenters. The van der Waals surface area contributed by atoms with Gasteiger partial charge in [-0.05, 0) is 41.5 Å². The van der Waals surface area contributed by atoms with Gasteiger partial charge in [-0.2, -0.15) is 0 Å². The maximum atomic E-state index is 12.1. The highest BCUT2D eigenvalue weighted by Gasteiger charge is 2.25. The summed E-state index contributed by atoms with van der Waals surface area (Å²) in [4.78, 5) is 26.5. The molecule has 1 aliphatic rings. The maximum absolute atomic E-state index is 12.1. The summed E-state index contributed by atoms with van der Waals surface area (Å²) in [5.74, 6) is 0.515. The van der Waals surface area contributed by atoms with E-state index in [0.717, 1.165) is 30.5 Å². The minimum atomic E-state index is -0.523. The summed E-state index contributed by atoms with van der Waals surface area (Å²) in [6.45, 7) is 0.466. The second-order valence-electron chi connectivity index (χ2n) is 6.53. The van der Waals surface area contributed by atoms with E-state index in [1.807, 2.05) is 24.3 Å². The molecule has 1 fully saturated rings. The molecule has 0 bridgehead atoms. The van der Waals surface area contributed by atoms with Crippen molar-refractivity contribution in [3.63, 3.8) is 0 Å². The summed E-state index contributed by atoms with van der Waals surface area (Å²) in [6, 6.07) is 11.0. The highest BCUT2D eigenvalue weighted by molar-refractivity contribution is 5.93. The molecule has 0 unspecified atom stereocenters. The van der Waals surface area contributed by atoms with E-state index < -0.39 is 4.92 Å². The Labute approximate surface area is 154 Å². The molecule has 1 aliphatic carbocycles. The fraction of sp³-hybridized carbons (Fsp3) is 0.278. The van der Waals surface area contributed by atoms with Gasteiger partial charge in [0.15, 0.2) is 5.82 Å². The first kappa shape index (κ1) is 17.0. The fourth-order valence-electron chi connectivity index (χ4n) is 2.95. The second-order valence-corrected chi connectivity index (χ2v) is 6.53. The number of nitro groups is 1. The normalized spacial score (nSPS) is 13.9. The van der Waals surface area contributed by atoms with Gasteiger partial charge < -0.3 is 20.7 Å².